The Kier molecular flexibility index (Phi) is 7.51. The number of carbonyl (C=O) groups excluding carboxylic acids is 1. The van der Waals surface area contributed by atoms with E-state index in [0.717, 1.165) is 17.7 Å². The highest BCUT2D eigenvalue weighted by Gasteiger charge is 2.50. The summed E-state index contributed by atoms with van der Waals surface area (Å²) in [6, 6.07) is 0. The first-order chi connectivity index (χ1) is 11.3. The van der Waals surface area contributed by atoms with Gasteiger partial charge in [0.05, 0.1) is 18.9 Å². The molecule has 5 unspecified atom stereocenters. The Hall–Kier alpha value is -0.630. The highest BCUT2D eigenvalue weighted by atomic mass is 31.1. The Morgan fingerprint density at radius 1 is 1.16 bits per heavy atom. The first-order valence-corrected chi connectivity index (χ1v) is 11.4. The summed E-state index contributed by atoms with van der Waals surface area (Å²) >= 11 is 0. The number of esters is 1. The van der Waals surface area contributed by atoms with Crippen molar-refractivity contribution in [3.63, 3.8) is 0 Å². The number of carboxylic acid groups (broad SMARTS) is 1. The average Bonchev–Trinajstić information content (AvgIpc) is 2.88. The molecule has 5 heteroatoms. The fourth-order valence-corrected chi connectivity index (χ4v) is 7.54. The molecule has 0 aromatic rings. The topological polar surface area (TPSA) is 63.6 Å². The lowest BCUT2D eigenvalue weighted by Gasteiger charge is -2.43. The van der Waals surface area contributed by atoms with E-state index in [1.807, 2.05) is 34.6 Å². The minimum absolute atomic E-state index is 0.253. The largest absolute Gasteiger partial charge is 0.481 e. The van der Waals surface area contributed by atoms with Crippen molar-refractivity contribution in [3.8, 4) is 0 Å². The Labute approximate surface area is 154 Å². The monoisotopic (exact) mass is 372 g/mol. The number of carbonyl (C=O) groups is 2. The van der Waals surface area contributed by atoms with E-state index in [1.165, 1.54) is 26.4 Å². The maximum atomic E-state index is 12.5. The Balaban J connectivity index is 3.08. The van der Waals surface area contributed by atoms with Crippen LogP contribution in [0.1, 0.15) is 60.8 Å². The summed E-state index contributed by atoms with van der Waals surface area (Å²) in [5.41, 5.74) is -0.194. The zero-order chi connectivity index (χ0) is 19.6. The standard InChI is InChI=1S/C20H37O4P/c1-13-9-10-14(11-13)25(8)12-20(5,6)15(17(21)22)16(18(23)24-7)19(2,3)4/h13-16H,9-12H2,1-8H3,(H,21,22). The molecule has 4 nitrogen and oxygen atoms in total. The van der Waals surface area contributed by atoms with Gasteiger partial charge in [0.2, 0.25) is 0 Å². The third kappa shape index (κ3) is 5.67. The number of ether oxygens (including phenoxy) is 1. The molecule has 0 aromatic heterocycles. The van der Waals surface area contributed by atoms with Gasteiger partial charge in [0, 0.05) is 0 Å². The molecule has 0 aliphatic heterocycles. The molecule has 0 amide bonds. The molecule has 1 rings (SSSR count). The van der Waals surface area contributed by atoms with E-state index < -0.39 is 34.6 Å². The fourth-order valence-electron chi connectivity index (χ4n) is 4.49. The van der Waals surface area contributed by atoms with E-state index >= 15 is 0 Å². The second-order valence-electron chi connectivity index (χ2n) is 9.66. The molecule has 1 aliphatic carbocycles. The molecule has 1 aliphatic rings. The molecule has 5 atom stereocenters. The van der Waals surface area contributed by atoms with E-state index in [9.17, 15) is 14.7 Å². The lowest BCUT2D eigenvalue weighted by Crippen LogP contribution is -2.47. The van der Waals surface area contributed by atoms with Crippen LogP contribution in [0.4, 0.5) is 0 Å². The van der Waals surface area contributed by atoms with Gasteiger partial charge in [-0.05, 0) is 48.1 Å². The summed E-state index contributed by atoms with van der Waals surface area (Å²) in [6.45, 7) is 14.4. The van der Waals surface area contributed by atoms with Gasteiger partial charge in [-0.15, -0.1) is 7.92 Å². The van der Waals surface area contributed by atoms with Crippen LogP contribution in [0.25, 0.3) is 0 Å². The molecule has 0 saturated heterocycles. The van der Waals surface area contributed by atoms with Crippen LogP contribution >= 0.6 is 7.92 Å². The van der Waals surface area contributed by atoms with E-state index in [0.29, 0.717) is 0 Å². The first-order valence-electron chi connectivity index (χ1n) is 9.32. The summed E-state index contributed by atoms with van der Waals surface area (Å²) in [6.07, 6.45) is 4.68. The summed E-state index contributed by atoms with van der Waals surface area (Å²) < 4.78 is 4.99. The normalized spacial score (nSPS) is 25.3. The first kappa shape index (κ1) is 22.4. The number of carboxylic acids is 1. The molecule has 0 radical (unpaired) electrons. The van der Waals surface area contributed by atoms with E-state index in [2.05, 4.69) is 13.6 Å². The van der Waals surface area contributed by atoms with Crippen molar-refractivity contribution in [1.82, 2.24) is 0 Å². The van der Waals surface area contributed by atoms with E-state index in [-0.39, 0.29) is 7.92 Å². The van der Waals surface area contributed by atoms with Gasteiger partial charge in [-0.3, -0.25) is 9.59 Å². The number of hydrogen-bond donors (Lipinski definition) is 1. The Bertz CT molecular complexity index is 481. The van der Waals surface area contributed by atoms with Gasteiger partial charge >= 0.3 is 11.9 Å². The summed E-state index contributed by atoms with van der Waals surface area (Å²) in [4.78, 5) is 24.7. The minimum atomic E-state index is -0.890. The number of hydrogen-bond acceptors (Lipinski definition) is 3. The highest BCUT2D eigenvalue weighted by molar-refractivity contribution is 7.57. The van der Waals surface area contributed by atoms with Crippen molar-refractivity contribution in [2.45, 2.75) is 66.5 Å². The quantitative estimate of drug-likeness (QED) is 0.512. The second kappa shape index (κ2) is 8.37. The van der Waals surface area contributed by atoms with Crippen LogP contribution in [-0.4, -0.2) is 42.6 Å². The van der Waals surface area contributed by atoms with Crippen LogP contribution in [0.2, 0.25) is 0 Å². The maximum absolute atomic E-state index is 12.5. The van der Waals surface area contributed by atoms with E-state index in [4.69, 9.17) is 4.74 Å². The maximum Gasteiger partial charge on any atom is 0.310 e. The molecular formula is C20H37O4P. The van der Waals surface area contributed by atoms with E-state index in [1.54, 1.807) is 0 Å². The van der Waals surface area contributed by atoms with Gasteiger partial charge in [0.1, 0.15) is 0 Å². The molecule has 0 heterocycles. The summed E-state index contributed by atoms with van der Waals surface area (Å²) in [7, 11) is 1.09. The van der Waals surface area contributed by atoms with Crippen LogP contribution < -0.4 is 0 Å². The molecule has 1 saturated carbocycles. The predicted molar refractivity (Wildman–Crippen MR) is 104 cm³/mol. The zero-order valence-corrected chi connectivity index (χ0v) is 18.2. The number of rotatable bonds is 7. The third-order valence-electron chi connectivity index (χ3n) is 5.78. The number of methoxy groups -OCH3 is 1. The molecule has 25 heavy (non-hydrogen) atoms. The van der Waals surface area contributed by atoms with Crippen LogP contribution in [0.5, 0.6) is 0 Å². The van der Waals surface area contributed by atoms with Crippen LogP contribution in [0.15, 0.2) is 0 Å². The van der Waals surface area contributed by atoms with Crippen molar-refractivity contribution in [3.05, 3.63) is 0 Å². The Morgan fingerprint density at radius 3 is 2.08 bits per heavy atom. The van der Waals surface area contributed by atoms with Gasteiger partial charge < -0.3 is 9.84 Å². The molecular weight excluding hydrogens is 335 g/mol. The average molecular weight is 372 g/mol. The van der Waals surface area contributed by atoms with Gasteiger partial charge in [0.15, 0.2) is 0 Å². The van der Waals surface area contributed by atoms with Crippen molar-refractivity contribution in [2.24, 2.45) is 28.6 Å². The van der Waals surface area contributed by atoms with Crippen LogP contribution in [0.3, 0.4) is 0 Å². The van der Waals surface area contributed by atoms with Gasteiger partial charge in [-0.1, -0.05) is 48.0 Å². The van der Waals surface area contributed by atoms with Crippen molar-refractivity contribution >= 4 is 19.9 Å². The molecule has 1 fully saturated rings. The van der Waals surface area contributed by atoms with Crippen molar-refractivity contribution in [1.29, 1.82) is 0 Å². The zero-order valence-electron chi connectivity index (χ0n) is 17.3. The SMILES string of the molecule is COC(=O)C(C(C(=O)O)C(C)(C)CP(C)C1CCC(C)C1)C(C)(C)C. The molecule has 0 spiro atoms. The molecule has 0 aromatic carbocycles. The van der Waals surface area contributed by atoms with Gasteiger partial charge in [0.25, 0.3) is 0 Å². The minimum Gasteiger partial charge on any atom is -0.481 e. The van der Waals surface area contributed by atoms with Crippen molar-refractivity contribution < 1.29 is 19.4 Å². The predicted octanol–water partition coefficient (Wildman–Crippen LogP) is 4.85. The van der Waals surface area contributed by atoms with Gasteiger partial charge in [-0.25, -0.2) is 0 Å². The molecule has 1 N–H and O–H groups in total. The second-order valence-corrected chi connectivity index (χ2v) is 12.2. The van der Waals surface area contributed by atoms with Gasteiger partial charge in [-0.2, -0.15) is 0 Å². The molecule has 146 valence electrons. The summed E-state index contributed by atoms with van der Waals surface area (Å²) in [5.74, 6) is -1.92. The highest BCUT2D eigenvalue weighted by Crippen LogP contribution is 2.54. The third-order valence-corrected chi connectivity index (χ3v) is 8.81. The van der Waals surface area contributed by atoms with Crippen LogP contribution in [0, 0.1) is 28.6 Å². The Morgan fingerprint density at radius 2 is 1.72 bits per heavy atom. The number of aliphatic carboxylic acids is 1. The fraction of sp³-hybridized carbons (Fsp3) is 0.900. The summed E-state index contributed by atoms with van der Waals surface area (Å²) in [5, 5.41) is 10.0. The van der Waals surface area contributed by atoms with Crippen molar-refractivity contribution in [2.75, 3.05) is 19.9 Å². The van der Waals surface area contributed by atoms with Crippen LogP contribution in [-0.2, 0) is 14.3 Å². The smallest absolute Gasteiger partial charge is 0.310 e. The molecule has 0 bridgehead atoms. The lowest BCUT2D eigenvalue weighted by molar-refractivity contribution is -0.165. The lowest BCUT2D eigenvalue weighted by atomic mass is 9.64.